The van der Waals surface area contributed by atoms with Gasteiger partial charge in [0.15, 0.2) is 0 Å². The van der Waals surface area contributed by atoms with Gasteiger partial charge < -0.3 is 0 Å². The Morgan fingerprint density at radius 1 is 0.808 bits per heavy atom. The van der Waals surface area contributed by atoms with Gasteiger partial charge in [0.25, 0.3) is 5.78 Å². The molecule has 0 bridgehead atoms. The molecular weight excluding hydrogens is 336 g/mol. The van der Waals surface area contributed by atoms with Crippen LogP contribution in [0.3, 0.4) is 0 Å². The number of carbonyl (C=O) groups excluding carboxylic acids is 1. The summed E-state index contributed by atoms with van der Waals surface area (Å²) in [6.45, 7) is 3.54. The van der Waals surface area contributed by atoms with Gasteiger partial charge in [-0.15, -0.1) is 10.2 Å². The Bertz CT molecular complexity index is 1030. The van der Waals surface area contributed by atoms with E-state index in [0.29, 0.717) is 11.6 Å². The molecule has 0 aliphatic rings. The fraction of sp³-hybridized carbons (Fsp3) is 0.267. The minimum atomic E-state index is -0.443. The van der Waals surface area contributed by atoms with Crippen LogP contribution in [-0.4, -0.2) is 54.9 Å². The summed E-state index contributed by atoms with van der Waals surface area (Å²) in [6.07, 6.45) is 6.87. The third-order valence-electron chi connectivity index (χ3n) is 3.82. The summed E-state index contributed by atoms with van der Waals surface area (Å²) in [5.74, 6) is 0.778. The molecule has 0 N–H and O–H groups in total. The van der Waals surface area contributed by atoms with Crippen molar-refractivity contribution < 1.29 is 4.79 Å². The molecule has 0 aromatic carbocycles. The lowest BCUT2D eigenvalue weighted by Gasteiger charge is -1.96. The van der Waals surface area contributed by atoms with Gasteiger partial charge in [-0.1, -0.05) is 0 Å². The largest absolute Gasteiger partial charge is 0.281 e. The molecule has 132 valence electrons. The summed E-state index contributed by atoms with van der Waals surface area (Å²) in [4.78, 5) is 21.2. The molecule has 0 atom stereocenters. The number of aryl methyl sites for hydroxylation is 4. The zero-order valence-corrected chi connectivity index (χ0v) is 14.7. The minimum Gasteiger partial charge on any atom is -0.281 e. The van der Waals surface area contributed by atoms with Gasteiger partial charge >= 0.3 is 0 Å². The second-order valence-corrected chi connectivity index (χ2v) is 5.86. The Kier molecular flexibility index (Phi) is 3.49. The quantitative estimate of drug-likeness (QED) is 0.481. The topological polar surface area (TPSA) is 114 Å². The standard InChI is InChI=1S/C15H16N10O/c1-9-18-14(20-24(9)11-5-16-22(3)7-11)13(26)15-19-10(2)25(21-15)12-6-17-23(4)8-12/h5-8H,1-4H3. The predicted octanol–water partition coefficient (Wildman–Crippen LogP) is 0.163. The van der Waals surface area contributed by atoms with Gasteiger partial charge in [-0.2, -0.15) is 10.2 Å². The lowest BCUT2D eigenvalue weighted by molar-refractivity contribution is 0.102. The van der Waals surface area contributed by atoms with Crippen LogP contribution in [0, 0.1) is 13.8 Å². The first kappa shape index (κ1) is 15.9. The van der Waals surface area contributed by atoms with Crippen molar-refractivity contribution in [3.8, 4) is 11.4 Å². The molecule has 11 heteroatoms. The molecule has 11 nitrogen and oxygen atoms in total. The fourth-order valence-electron chi connectivity index (χ4n) is 2.60. The number of hydrogen-bond acceptors (Lipinski definition) is 7. The van der Waals surface area contributed by atoms with Crippen molar-refractivity contribution >= 4 is 5.78 Å². The summed E-state index contributed by atoms with van der Waals surface area (Å²) in [6, 6.07) is 0. The molecule has 4 aromatic rings. The molecule has 4 aromatic heterocycles. The number of carbonyl (C=O) groups is 1. The summed E-state index contributed by atoms with van der Waals surface area (Å²) in [7, 11) is 3.61. The third kappa shape index (κ3) is 2.59. The average Bonchev–Trinajstić information content (AvgIpc) is 3.35. The maximum Gasteiger partial charge on any atom is 0.271 e. The van der Waals surface area contributed by atoms with Crippen molar-refractivity contribution in [3.05, 3.63) is 48.1 Å². The van der Waals surface area contributed by atoms with E-state index in [1.807, 2.05) is 0 Å². The van der Waals surface area contributed by atoms with Crippen LogP contribution < -0.4 is 0 Å². The molecule has 4 rings (SSSR count). The molecule has 0 saturated carbocycles. The molecule has 4 heterocycles. The summed E-state index contributed by atoms with van der Waals surface area (Å²) in [5, 5.41) is 16.8. The molecule has 0 amide bonds. The molecule has 0 unspecified atom stereocenters. The van der Waals surface area contributed by atoms with E-state index in [9.17, 15) is 4.79 Å². The number of nitrogens with zero attached hydrogens (tertiary/aromatic N) is 10. The predicted molar refractivity (Wildman–Crippen MR) is 89.2 cm³/mol. The SMILES string of the molecule is Cc1nc(C(=O)c2nc(C)n(-c3cnn(C)c3)n2)nn1-c1cnn(C)c1. The monoisotopic (exact) mass is 352 g/mol. The van der Waals surface area contributed by atoms with Gasteiger partial charge in [0.05, 0.1) is 24.8 Å². The number of aromatic nitrogens is 10. The van der Waals surface area contributed by atoms with Crippen LogP contribution in [0.2, 0.25) is 0 Å². The van der Waals surface area contributed by atoms with Gasteiger partial charge in [0, 0.05) is 14.1 Å². The first-order valence-corrected chi connectivity index (χ1v) is 7.82. The van der Waals surface area contributed by atoms with Gasteiger partial charge in [-0.25, -0.2) is 19.3 Å². The molecule has 0 aliphatic heterocycles. The van der Waals surface area contributed by atoms with Crippen molar-refractivity contribution in [1.82, 2.24) is 49.1 Å². The first-order chi connectivity index (χ1) is 12.4. The van der Waals surface area contributed by atoms with E-state index in [1.165, 1.54) is 0 Å². The lowest BCUT2D eigenvalue weighted by atomic mass is 10.3. The molecule has 0 radical (unpaired) electrons. The highest BCUT2D eigenvalue weighted by Crippen LogP contribution is 2.12. The molecule has 0 aliphatic carbocycles. The van der Waals surface area contributed by atoms with Crippen LogP contribution in [-0.2, 0) is 14.1 Å². The van der Waals surface area contributed by atoms with Crippen LogP contribution in [0.5, 0.6) is 0 Å². The van der Waals surface area contributed by atoms with Crippen LogP contribution in [0.25, 0.3) is 11.4 Å². The van der Waals surface area contributed by atoms with Gasteiger partial charge in [0.1, 0.15) is 23.0 Å². The van der Waals surface area contributed by atoms with E-state index < -0.39 is 5.78 Å². The van der Waals surface area contributed by atoms with E-state index in [0.717, 1.165) is 11.4 Å². The highest BCUT2D eigenvalue weighted by atomic mass is 16.1. The second-order valence-electron chi connectivity index (χ2n) is 5.86. The Morgan fingerprint density at radius 2 is 1.23 bits per heavy atom. The number of ketones is 1. The molecule has 0 saturated heterocycles. The van der Waals surface area contributed by atoms with E-state index >= 15 is 0 Å². The highest BCUT2D eigenvalue weighted by Gasteiger charge is 2.23. The van der Waals surface area contributed by atoms with Crippen molar-refractivity contribution in [3.63, 3.8) is 0 Å². The van der Waals surface area contributed by atoms with Crippen LogP contribution in [0.1, 0.15) is 28.1 Å². The average molecular weight is 352 g/mol. The molecule has 0 fully saturated rings. The van der Waals surface area contributed by atoms with E-state index in [1.54, 1.807) is 71.5 Å². The second kappa shape index (κ2) is 5.72. The summed E-state index contributed by atoms with van der Waals surface area (Å²) < 4.78 is 6.42. The zero-order valence-electron chi connectivity index (χ0n) is 14.7. The number of rotatable bonds is 4. The maximum absolute atomic E-state index is 12.7. The Balaban J connectivity index is 1.68. The Labute approximate surface area is 147 Å². The summed E-state index contributed by atoms with van der Waals surface area (Å²) in [5.41, 5.74) is 1.45. The fourth-order valence-corrected chi connectivity index (χ4v) is 2.60. The highest BCUT2D eigenvalue weighted by molar-refractivity contribution is 6.03. The summed E-state index contributed by atoms with van der Waals surface area (Å²) >= 11 is 0. The van der Waals surface area contributed by atoms with Crippen molar-refractivity contribution in [2.45, 2.75) is 13.8 Å². The minimum absolute atomic E-state index is 0.0367. The van der Waals surface area contributed by atoms with Crippen molar-refractivity contribution in [2.75, 3.05) is 0 Å². The normalized spacial score (nSPS) is 11.2. The number of hydrogen-bond donors (Lipinski definition) is 0. The van der Waals surface area contributed by atoms with Gasteiger partial charge in [-0.05, 0) is 13.8 Å². The molecule has 26 heavy (non-hydrogen) atoms. The first-order valence-electron chi connectivity index (χ1n) is 7.82. The third-order valence-corrected chi connectivity index (χ3v) is 3.82. The van der Waals surface area contributed by atoms with Gasteiger partial charge in [-0.3, -0.25) is 14.2 Å². The Hall–Kier alpha value is -3.63. The van der Waals surface area contributed by atoms with Crippen molar-refractivity contribution in [2.24, 2.45) is 14.1 Å². The molecule has 0 spiro atoms. The van der Waals surface area contributed by atoms with Gasteiger partial charge in [0.2, 0.25) is 11.6 Å². The van der Waals surface area contributed by atoms with Crippen molar-refractivity contribution in [1.29, 1.82) is 0 Å². The van der Waals surface area contributed by atoms with E-state index in [-0.39, 0.29) is 11.6 Å². The lowest BCUT2D eigenvalue weighted by Crippen LogP contribution is -2.08. The smallest absolute Gasteiger partial charge is 0.271 e. The van der Waals surface area contributed by atoms with E-state index in [4.69, 9.17) is 0 Å². The Morgan fingerprint density at radius 3 is 1.58 bits per heavy atom. The van der Waals surface area contributed by atoms with Crippen LogP contribution in [0.4, 0.5) is 0 Å². The van der Waals surface area contributed by atoms with Crippen LogP contribution >= 0.6 is 0 Å². The maximum atomic E-state index is 12.7. The zero-order chi connectivity index (χ0) is 18.4. The van der Waals surface area contributed by atoms with E-state index in [2.05, 4.69) is 30.4 Å². The van der Waals surface area contributed by atoms with Crippen LogP contribution in [0.15, 0.2) is 24.8 Å². The molecular formula is C15H16N10O.